The van der Waals surface area contributed by atoms with Gasteiger partial charge in [0.1, 0.15) is 17.8 Å². The molecule has 4 aromatic heterocycles. The first-order chi connectivity index (χ1) is 23.7. The molecule has 0 spiro atoms. The van der Waals surface area contributed by atoms with Crippen LogP contribution in [0.25, 0.3) is 21.5 Å². The number of carbonyl (C=O) groups excluding carboxylic acids is 1. The highest BCUT2D eigenvalue weighted by Gasteiger charge is 2.41. The fourth-order valence-corrected chi connectivity index (χ4v) is 8.29. The van der Waals surface area contributed by atoms with E-state index in [-0.39, 0.29) is 35.7 Å². The van der Waals surface area contributed by atoms with Gasteiger partial charge in [0.05, 0.1) is 17.5 Å². The summed E-state index contributed by atoms with van der Waals surface area (Å²) in [5, 5.41) is 23.4. The van der Waals surface area contributed by atoms with E-state index in [1.165, 1.54) is 15.8 Å². The molecule has 3 N–H and O–H groups in total. The highest BCUT2D eigenvalue weighted by atomic mass is 32.1. The topological polar surface area (TPSA) is 146 Å². The van der Waals surface area contributed by atoms with Crippen LogP contribution in [0.2, 0.25) is 0 Å². The second kappa shape index (κ2) is 13.6. The van der Waals surface area contributed by atoms with E-state index in [1.54, 1.807) is 40.4 Å². The first kappa shape index (κ1) is 32.7. The Bertz CT molecular complexity index is 2030. The molecule has 0 aliphatic carbocycles. The number of fused-ring (bicyclic) bond motifs is 1. The minimum absolute atomic E-state index is 0.0230. The SMILES string of the molecule is Cn1ccc2c(=O)n(CC3(O)CCN(C(=O)[C@@H]4CCN(Cc5ccc(-c6ccnc(NC(=O)O)c6)s5)C[C@H]4c4ccccc4)CC3)cnc21. The van der Waals surface area contributed by atoms with Crippen LogP contribution in [0.4, 0.5) is 10.6 Å². The normalized spacial score (nSPS) is 19.6. The third-order valence-corrected chi connectivity index (χ3v) is 11.0. The molecule has 254 valence electrons. The number of pyridine rings is 1. The Hall–Kier alpha value is -4.85. The van der Waals surface area contributed by atoms with Crippen molar-refractivity contribution in [3.63, 3.8) is 0 Å². The van der Waals surface area contributed by atoms with Gasteiger partial charge in [-0.05, 0) is 67.3 Å². The van der Waals surface area contributed by atoms with Gasteiger partial charge in [-0.1, -0.05) is 30.3 Å². The van der Waals surface area contributed by atoms with E-state index in [4.69, 9.17) is 5.11 Å². The Morgan fingerprint density at radius 3 is 2.61 bits per heavy atom. The number of thiophene rings is 1. The maximum atomic E-state index is 14.1. The molecule has 0 radical (unpaired) electrons. The number of piperidine rings is 2. The molecule has 6 heterocycles. The number of amides is 2. The van der Waals surface area contributed by atoms with Crippen LogP contribution in [0.1, 0.15) is 35.6 Å². The maximum absolute atomic E-state index is 14.1. The van der Waals surface area contributed by atoms with E-state index in [1.807, 2.05) is 36.2 Å². The molecule has 2 fully saturated rings. The lowest BCUT2D eigenvalue weighted by molar-refractivity contribution is -0.142. The summed E-state index contributed by atoms with van der Waals surface area (Å²) in [6.45, 7) is 3.28. The number of benzene rings is 1. The third-order valence-electron chi connectivity index (χ3n) is 9.88. The van der Waals surface area contributed by atoms with E-state index in [2.05, 4.69) is 44.5 Å². The van der Waals surface area contributed by atoms with Gasteiger partial charge in [0.25, 0.3) is 5.56 Å². The highest BCUT2D eigenvalue weighted by Crippen LogP contribution is 2.37. The molecule has 1 aromatic carbocycles. The number of carboxylic acid groups (broad SMARTS) is 1. The average molecular weight is 682 g/mol. The van der Waals surface area contributed by atoms with Crippen LogP contribution in [0, 0.1) is 5.92 Å². The van der Waals surface area contributed by atoms with Crippen LogP contribution >= 0.6 is 11.3 Å². The van der Waals surface area contributed by atoms with Crippen molar-refractivity contribution in [1.29, 1.82) is 0 Å². The highest BCUT2D eigenvalue weighted by molar-refractivity contribution is 7.15. The van der Waals surface area contributed by atoms with Crippen molar-refractivity contribution in [2.45, 2.75) is 43.9 Å². The molecule has 0 bridgehead atoms. The standard InChI is InChI=1S/C36H39N7O5S/c1-40-15-10-28-32(40)38-23-43(34(28)45)22-36(48)12-17-42(18-13-36)33(44)27-11-16-41(21-29(27)24-5-3-2-4-6-24)20-26-7-8-30(49-26)25-9-14-37-31(19-25)39-35(46)47/h2-10,14-15,19,23,27,29,48H,11-13,16-18,20-22H2,1H3,(H,37,39)(H,46,47)/t27-,29+/m1/s1. The zero-order chi connectivity index (χ0) is 34.1. The number of aryl methyl sites for hydroxylation is 1. The summed E-state index contributed by atoms with van der Waals surface area (Å²) in [6, 6.07) is 19.8. The number of hydrogen-bond acceptors (Lipinski definition) is 8. The summed E-state index contributed by atoms with van der Waals surface area (Å²) in [5.74, 6) is 0.262. The Morgan fingerprint density at radius 2 is 1.84 bits per heavy atom. The summed E-state index contributed by atoms with van der Waals surface area (Å²) in [6.07, 6.45) is 5.25. The summed E-state index contributed by atoms with van der Waals surface area (Å²) in [7, 11) is 1.84. The van der Waals surface area contributed by atoms with Crippen molar-refractivity contribution in [1.82, 2.24) is 28.9 Å². The maximum Gasteiger partial charge on any atom is 0.410 e. The van der Waals surface area contributed by atoms with Crippen molar-refractivity contribution in [3.05, 3.63) is 100 Å². The molecule has 5 aromatic rings. The first-order valence-electron chi connectivity index (χ1n) is 16.5. The van der Waals surface area contributed by atoms with Gasteiger partial charge in [-0.25, -0.2) is 14.8 Å². The number of hydrogen-bond donors (Lipinski definition) is 3. The van der Waals surface area contributed by atoms with Gasteiger partial charge in [-0.2, -0.15) is 0 Å². The van der Waals surface area contributed by atoms with Gasteiger partial charge in [-0.15, -0.1) is 11.3 Å². The van der Waals surface area contributed by atoms with Crippen molar-refractivity contribution < 1.29 is 19.8 Å². The molecule has 0 unspecified atom stereocenters. The first-order valence-corrected chi connectivity index (χ1v) is 17.3. The van der Waals surface area contributed by atoms with Crippen molar-refractivity contribution >= 4 is 40.2 Å². The van der Waals surface area contributed by atoms with Gasteiger partial charge < -0.3 is 19.7 Å². The Labute approximate surface area is 287 Å². The number of aliphatic hydroxyl groups is 1. The van der Waals surface area contributed by atoms with Crippen LogP contribution in [0.5, 0.6) is 0 Å². The fourth-order valence-electron chi connectivity index (χ4n) is 7.24. The molecule has 49 heavy (non-hydrogen) atoms. The lowest BCUT2D eigenvalue weighted by Crippen LogP contribution is -2.53. The molecule has 12 nitrogen and oxygen atoms in total. The average Bonchev–Trinajstić information content (AvgIpc) is 3.73. The van der Waals surface area contributed by atoms with E-state index < -0.39 is 11.7 Å². The van der Waals surface area contributed by atoms with Gasteiger partial charge in [0.15, 0.2) is 0 Å². The molecule has 2 aliphatic rings. The molecular formula is C36H39N7O5S. The van der Waals surface area contributed by atoms with Gasteiger partial charge in [0.2, 0.25) is 5.91 Å². The molecular weight excluding hydrogens is 643 g/mol. The van der Waals surface area contributed by atoms with Crippen molar-refractivity contribution in [2.75, 3.05) is 31.5 Å². The van der Waals surface area contributed by atoms with E-state index in [0.29, 0.717) is 37.0 Å². The monoisotopic (exact) mass is 681 g/mol. The van der Waals surface area contributed by atoms with E-state index >= 15 is 0 Å². The lowest BCUT2D eigenvalue weighted by atomic mass is 9.79. The van der Waals surface area contributed by atoms with Crippen LogP contribution in [0.3, 0.4) is 0 Å². The number of nitrogens with zero attached hydrogens (tertiary/aromatic N) is 6. The second-order valence-electron chi connectivity index (χ2n) is 13.2. The molecule has 0 saturated carbocycles. The number of rotatable bonds is 8. The molecule has 2 saturated heterocycles. The van der Waals surface area contributed by atoms with Crippen LogP contribution < -0.4 is 10.9 Å². The van der Waals surface area contributed by atoms with E-state index in [0.717, 1.165) is 42.1 Å². The summed E-state index contributed by atoms with van der Waals surface area (Å²) >= 11 is 1.67. The van der Waals surface area contributed by atoms with Gasteiger partial charge in [0, 0.05) is 67.2 Å². The Kier molecular flexibility index (Phi) is 9.05. The minimum Gasteiger partial charge on any atom is -0.465 e. The molecule has 2 atom stereocenters. The number of likely N-dealkylation sites (tertiary alicyclic amines) is 2. The van der Waals surface area contributed by atoms with Gasteiger partial charge >= 0.3 is 6.09 Å². The van der Waals surface area contributed by atoms with Crippen LogP contribution in [0.15, 0.2) is 84.2 Å². The predicted octanol–water partition coefficient (Wildman–Crippen LogP) is 4.61. The molecule has 7 rings (SSSR count). The minimum atomic E-state index is -1.15. The molecule has 2 aliphatic heterocycles. The largest absolute Gasteiger partial charge is 0.465 e. The van der Waals surface area contributed by atoms with E-state index in [9.17, 15) is 19.5 Å². The van der Waals surface area contributed by atoms with Crippen molar-refractivity contribution in [2.24, 2.45) is 13.0 Å². The smallest absolute Gasteiger partial charge is 0.410 e. The lowest BCUT2D eigenvalue weighted by Gasteiger charge is -2.43. The predicted molar refractivity (Wildman–Crippen MR) is 188 cm³/mol. The van der Waals surface area contributed by atoms with Crippen LogP contribution in [-0.2, 0) is 24.9 Å². The van der Waals surface area contributed by atoms with Crippen LogP contribution in [-0.4, -0.2) is 82.9 Å². The summed E-state index contributed by atoms with van der Waals surface area (Å²) in [5.41, 5.74) is 1.38. The zero-order valence-electron chi connectivity index (χ0n) is 27.2. The summed E-state index contributed by atoms with van der Waals surface area (Å²) in [4.78, 5) is 53.3. The fraction of sp³-hybridized carbons (Fsp3) is 0.361. The second-order valence-corrected chi connectivity index (χ2v) is 14.3. The van der Waals surface area contributed by atoms with Crippen molar-refractivity contribution in [3.8, 4) is 10.4 Å². The Balaban J connectivity index is 1.01. The quantitative estimate of drug-likeness (QED) is 0.215. The number of carbonyl (C=O) groups is 2. The number of nitrogens with one attached hydrogen (secondary N) is 1. The summed E-state index contributed by atoms with van der Waals surface area (Å²) < 4.78 is 3.29. The van der Waals surface area contributed by atoms with Gasteiger partial charge in [-0.3, -0.25) is 24.4 Å². The number of anilines is 1. The third kappa shape index (κ3) is 7.00. The molecule has 13 heteroatoms. The molecule has 2 amide bonds. The zero-order valence-corrected chi connectivity index (χ0v) is 28.1. The Morgan fingerprint density at radius 1 is 1.04 bits per heavy atom. The number of aromatic nitrogens is 4.